The number of aromatic nitrogens is 3. The second-order valence-corrected chi connectivity index (χ2v) is 8.98. The van der Waals surface area contributed by atoms with Crippen LogP contribution < -0.4 is 11.4 Å². The predicted octanol–water partition coefficient (Wildman–Crippen LogP) is 1.74. The van der Waals surface area contributed by atoms with Crippen LogP contribution in [0.2, 0.25) is 0 Å². The molecule has 4 fully saturated rings. The quantitative estimate of drug-likeness (QED) is 0.748. The fourth-order valence-corrected chi connectivity index (χ4v) is 8.86. The highest BCUT2D eigenvalue weighted by molar-refractivity contribution is 5.50. The molecule has 5 heteroatoms. The zero-order valence-electron chi connectivity index (χ0n) is 13.6. The molecule has 5 aliphatic carbocycles. The summed E-state index contributed by atoms with van der Waals surface area (Å²) in [7, 11) is 0. The number of hydrogen-bond acceptors (Lipinski definition) is 2. The van der Waals surface area contributed by atoms with Gasteiger partial charge in [-0.15, -0.1) is 0 Å². The third-order valence-corrected chi connectivity index (χ3v) is 9.13. The Morgan fingerprint density at radius 2 is 1.32 bits per heavy atom. The molecule has 2 bridgehead atoms. The van der Waals surface area contributed by atoms with Crippen LogP contribution in [0.1, 0.15) is 24.9 Å². The fourth-order valence-electron chi connectivity index (χ4n) is 8.86. The van der Waals surface area contributed by atoms with E-state index in [0.29, 0.717) is 17.5 Å². The van der Waals surface area contributed by atoms with Gasteiger partial charge in [0.25, 0.3) is 0 Å². The van der Waals surface area contributed by atoms with E-state index < -0.39 is 0 Å². The van der Waals surface area contributed by atoms with Gasteiger partial charge in [0.05, 0.1) is 17.8 Å². The van der Waals surface area contributed by atoms with Crippen molar-refractivity contribution in [3.8, 4) is 5.69 Å². The summed E-state index contributed by atoms with van der Waals surface area (Å²) in [5, 5.41) is 0. The van der Waals surface area contributed by atoms with Crippen molar-refractivity contribution in [2.75, 3.05) is 0 Å². The summed E-state index contributed by atoms with van der Waals surface area (Å²) in [6, 6.07) is 9.91. The molecule has 2 aromatic rings. The largest absolute Gasteiger partial charge is 0.352 e. The zero-order chi connectivity index (χ0) is 16.3. The summed E-state index contributed by atoms with van der Waals surface area (Å²) in [5.41, 5.74) is 1.01. The lowest BCUT2D eigenvalue weighted by atomic mass is 9.04. The van der Waals surface area contributed by atoms with Gasteiger partial charge < -0.3 is 0 Å². The Morgan fingerprint density at radius 1 is 0.800 bits per heavy atom. The lowest BCUT2D eigenvalue weighted by Gasteiger charge is -3.01. The monoisotopic (exact) mass is 331 g/mol. The van der Waals surface area contributed by atoms with Crippen molar-refractivity contribution in [3.63, 3.8) is 0 Å². The number of nitrogens with zero attached hydrogens (tertiary/aromatic N) is 3. The van der Waals surface area contributed by atoms with Crippen molar-refractivity contribution >= 4 is 0 Å². The van der Waals surface area contributed by atoms with Gasteiger partial charge in [-0.3, -0.25) is 0 Å². The summed E-state index contributed by atoms with van der Waals surface area (Å²) >= 11 is 0. The van der Waals surface area contributed by atoms with Gasteiger partial charge in [0.2, 0.25) is 0 Å². The van der Waals surface area contributed by atoms with E-state index in [-0.39, 0.29) is 34.3 Å². The van der Waals surface area contributed by atoms with Crippen molar-refractivity contribution in [3.05, 3.63) is 63.5 Å². The van der Waals surface area contributed by atoms with Crippen LogP contribution in [0.5, 0.6) is 0 Å². The molecule has 0 amide bonds. The Hall–Kier alpha value is -2.30. The Balaban J connectivity index is 1.47. The third-order valence-electron chi connectivity index (χ3n) is 9.13. The van der Waals surface area contributed by atoms with E-state index in [2.05, 4.69) is 12.2 Å². The molecule has 8 atom stereocenters. The number of hydrogen-bond donors (Lipinski definition) is 0. The van der Waals surface area contributed by atoms with Gasteiger partial charge in [-0.05, 0) is 48.6 Å². The number of para-hydroxylation sites is 1. The molecule has 0 saturated heterocycles. The normalized spacial score (nSPS) is 50.6. The molecule has 9 rings (SSSR count). The maximum Gasteiger partial charge on any atom is 0.352 e. The average Bonchev–Trinajstić information content (AvgIpc) is 2.86. The van der Waals surface area contributed by atoms with Crippen molar-refractivity contribution in [2.24, 2.45) is 34.5 Å². The average molecular weight is 331 g/mol. The first-order valence-electron chi connectivity index (χ1n) is 9.42. The van der Waals surface area contributed by atoms with Crippen molar-refractivity contribution in [2.45, 2.75) is 24.9 Å². The third kappa shape index (κ3) is 0.783. The molecule has 3 heterocycles. The van der Waals surface area contributed by atoms with E-state index in [9.17, 15) is 9.59 Å². The minimum Gasteiger partial charge on any atom is -0.245 e. The minimum absolute atomic E-state index is 0.129. The highest BCUT2D eigenvalue weighted by Crippen LogP contribution is 3.03. The Labute approximate surface area is 143 Å². The highest BCUT2D eigenvalue weighted by atomic mass is 16.2. The standard InChI is InChI=1S/C20H17N3O2/c24-17-21(10-6-2-1-3-7-10)18(25)23-16-12-11-13-14(12)20(16)9-5-4-8-19(13,20)15(11)22(17)23/h1-7,11-16H,8-9H2/t11-,12-,13-,14+,15+,16-,19+,20-/m0/s1. The zero-order valence-corrected chi connectivity index (χ0v) is 13.6. The second kappa shape index (κ2) is 3.11. The summed E-state index contributed by atoms with van der Waals surface area (Å²) < 4.78 is 5.16. The first-order chi connectivity index (χ1) is 12.2. The molecule has 2 spiro atoms. The molecule has 124 valence electrons. The first-order valence-corrected chi connectivity index (χ1v) is 9.42. The van der Waals surface area contributed by atoms with Crippen LogP contribution in [0.15, 0.2) is 52.1 Å². The summed E-state index contributed by atoms with van der Waals surface area (Å²) in [5.74, 6) is 2.98. The van der Waals surface area contributed by atoms with Gasteiger partial charge in [-0.25, -0.2) is 23.5 Å². The summed E-state index contributed by atoms with van der Waals surface area (Å²) in [6.45, 7) is 0. The summed E-state index contributed by atoms with van der Waals surface area (Å²) in [4.78, 5) is 26.6. The van der Waals surface area contributed by atoms with E-state index >= 15 is 0 Å². The van der Waals surface area contributed by atoms with Crippen molar-refractivity contribution in [1.29, 1.82) is 0 Å². The molecule has 4 saturated carbocycles. The number of allylic oxidation sites excluding steroid dienone is 2. The number of benzene rings is 1. The van der Waals surface area contributed by atoms with Crippen LogP contribution in [-0.2, 0) is 0 Å². The minimum atomic E-state index is -0.129. The highest BCUT2D eigenvalue weighted by Gasteiger charge is 3.02. The molecular formula is C20H17N3O2. The number of rotatable bonds is 1. The smallest absolute Gasteiger partial charge is 0.245 e. The van der Waals surface area contributed by atoms with Gasteiger partial charge in [-0.1, -0.05) is 30.4 Å². The Morgan fingerprint density at radius 3 is 1.84 bits per heavy atom. The van der Waals surface area contributed by atoms with Crippen LogP contribution in [0, 0.1) is 34.5 Å². The fraction of sp³-hybridized carbons (Fsp3) is 0.500. The molecule has 0 N–H and O–H groups in total. The molecule has 25 heavy (non-hydrogen) atoms. The van der Waals surface area contributed by atoms with E-state index in [0.717, 1.165) is 24.7 Å². The van der Waals surface area contributed by atoms with Gasteiger partial charge in [-0.2, -0.15) is 0 Å². The van der Waals surface area contributed by atoms with Gasteiger partial charge in [0.1, 0.15) is 0 Å². The van der Waals surface area contributed by atoms with Crippen molar-refractivity contribution in [1.82, 2.24) is 13.9 Å². The topological polar surface area (TPSA) is 48.9 Å². The van der Waals surface area contributed by atoms with Gasteiger partial charge in [0, 0.05) is 10.8 Å². The Kier molecular flexibility index (Phi) is 1.51. The van der Waals surface area contributed by atoms with E-state index in [1.807, 2.05) is 39.7 Å². The summed E-state index contributed by atoms with van der Waals surface area (Å²) in [6.07, 6.45) is 6.88. The SMILES string of the molecule is O=c1n(-c2ccccc2)c(=O)n2n1[C@H]1[C@H]3[C@H]4[C@H]5[C@@H]3[C@@]13CC=CC[C@]53[C@@H]42. The lowest BCUT2D eigenvalue weighted by molar-refractivity contribution is -0.551. The van der Waals surface area contributed by atoms with Crippen molar-refractivity contribution < 1.29 is 0 Å². The molecular weight excluding hydrogens is 314 g/mol. The van der Waals surface area contributed by atoms with Gasteiger partial charge in [0.15, 0.2) is 0 Å². The van der Waals surface area contributed by atoms with E-state index in [1.165, 1.54) is 4.57 Å². The van der Waals surface area contributed by atoms with Crippen LogP contribution in [0.3, 0.4) is 0 Å². The molecule has 7 aliphatic rings. The van der Waals surface area contributed by atoms with E-state index in [1.54, 1.807) is 0 Å². The lowest BCUT2D eigenvalue weighted by Crippen LogP contribution is -3.00. The molecule has 5 nitrogen and oxygen atoms in total. The second-order valence-electron chi connectivity index (χ2n) is 8.98. The molecule has 0 radical (unpaired) electrons. The maximum atomic E-state index is 13.3. The molecule has 1 aromatic carbocycles. The van der Waals surface area contributed by atoms with Crippen LogP contribution in [0.4, 0.5) is 0 Å². The molecule has 2 aliphatic heterocycles. The molecule has 0 unspecified atom stereocenters. The van der Waals surface area contributed by atoms with Gasteiger partial charge >= 0.3 is 11.4 Å². The molecule has 1 aromatic heterocycles. The van der Waals surface area contributed by atoms with Crippen LogP contribution in [0.25, 0.3) is 5.69 Å². The van der Waals surface area contributed by atoms with Crippen LogP contribution >= 0.6 is 0 Å². The predicted molar refractivity (Wildman–Crippen MR) is 89.6 cm³/mol. The maximum absolute atomic E-state index is 13.3. The van der Waals surface area contributed by atoms with E-state index in [4.69, 9.17) is 0 Å². The first kappa shape index (κ1) is 12.1. The van der Waals surface area contributed by atoms with Crippen LogP contribution in [-0.4, -0.2) is 13.9 Å². The Bertz CT molecular complexity index is 1080.